The molecule has 0 aliphatic carbocycles. The van der Waals surface area contributed by atoms with Crippen molar-refractivity contribution in [3.8, 4) is 5.75 Å². The first kappa shape index (κ1) is 14.1. The number of hydrogen-bond acceptors (Lipinski definition) is 5. The first-order valence-electron chi connectivity index (χ1n) is 5.60. The van der Waals surface area contributed by atoms with Crippen LogP contribution in [0.15, 0.2) is 17.3 Å². The largest absolute Gasteiger partial charge is 0.493 e. The Bertz CT molecular complexity index is 521. The van der Waals surface area contributed by atoms with Gasteiger partial charge in [0, 0.05) is 11.6 Å². The molecular formula is C12H11Cl2NO4. The summed E-state index contributed by atoms with van der Waals surface area (Å²) in [4.78, 5) is 22.8. The first-order chi connectivity index (χ1) is 9.08. The molecule has 0 aromatic heterocycles. The fourth-order valence-corrected chi connectivity index (χ4v) is 2.42. The van der Waals surface area contributed by atoms with Gasteiger partial charge in [-0.2, -0.15) is 4.91 Å². The molecule has 0 bridgehead atoms. The van der Waals surface area contributed by atoms with Gasteiger partial charge in [0.15, 0.2) is 0 Å². The van der Waals surface area contributed by atoms with Gasteiger partial charge in [-0.15, -0.1) is 0 Å². The van der Waals surface area contributed by atoms with E-state index in [9.17, 15) is 9.70 Å². The quantitative estimate of drug-likeness (QED) is 0.620. The van der Waals surface area contributed by atoms with E-state index < -0.39 is 17.9 Å². The second-order valence-corrected chi connectivity index (χ2v) is 4.94. The van der Waals surface area contributed by atoms with Gasteiger partial charge in [-0.1, -0.05) is 28.4 Å². The van der Waals surface area contributed by atoms with Crippen molar-refractivity contribution in [2.75, 3.05) is 13.7 Å². The molecule has 0 saturated carbocycles. The number of carbonyl (C=O) groups excluding carboxylic acids is 1. The van der Waals surface area contributed by atoms with Crippen molar-refractivity contribution in [3.05, 3.63) is 32.6 Å². The second kappa shape index (κ2) is 5.75. The van der Waals surface area contributed by atoms with E-state index >= 15 is 0 Å². The predicted molar refractivity (Wildman–Crippen MR) is 70.6 cm³/mol. The zero-order valence-corrected chi connectivity index (χ0v) is 11.6. The number of benzene rings is 1. The van der Waals surface area contributed by atoms with E-state index in [1.807, 2.05) is 0 Å². The molecule has 0 fully saturated rings. The van der Waals surface area contributed by atoms with Crippen molar-refractivity contribution in [1.29, 1.82) is 0 Å². The van der Waals surface area contributed by atoms with Crippen molar-refractivity contribution >= 4 is 29.2 Å². The number of esters is 1. The number of carbonyl (C=O) groups is 1. The third kappa shape index (κ3) is 2.67. The Labute approximate surface area is 119 Å². The molecule has 1 aromatic rings. The Morgan fingerprint density at radius 2 is 2.11 bits per heavy atom. The van der Waals surface area contributed by atoms with E-state index in [2.05, 4.69) is 5.18 Å². The van der Waals surface area contributed by atoms with E-state index in [4.69, 9.17) is 32.7 Å². The number of nitrogens with zero attached hydrogens (tertiary/aromatic N) is 1. The summed E-state index contributed by atoms with van der Waals surface area (Å²) in [5.74, 6) is -0.751. The minimum atomic E-state index is -0.889. The summed E-state index contributed by atoms with van der Waals surface area (Å²) in [6.45, 7) is 0.275. The summed E-state index contributed by atoms with van der Waals surface area (Å²) >= 11 is 11.8. The summed E-state index contributed by atoms with van der Waals surface area (Å²) < 4.78 is 10.2. The smallest absolute Gasteiger partial charge is 0.311 e. The van der Waals surface area contributed by atoms with Crippen LogP contribution in [0.25, 0.3) is 0 Å². The maximum Gasteiger partial charge on any atom is 0.311 e. The molecule has 1 aliphatic heterocycles. The predicted octanol–water partition coefficient (Wildman–Crippen LogP) is 3.37. The molecule has 2 rings (SSSR count). The molecule has 0 saturated heterocycles. The van der Waals surface area contributed by atoms with Crippen molar-refractivity contribution in [3.63, 3.8) is 0 Å². The highest BCUT2D eigenvalue weighted by Gasteiger charge is 2.36. The number of methoxy groups -OCH3 is 1. The van der Waals surface area contributed by atoms with Gasteiger partial charge in [0.1, 0.15) is 11.8 Å². The zero-order valence-electron chi connectivity index (χ0n) is 10.1. The molecule has 1 aliphatic rings. The SMILES string of the molecule is COC(=O)C1CCOc2cc(Cl)c(Cl)cc2C1N=O. The van der Waals surface area contributed by atoms with Crippen LogP contribution in [0.5, 0.6) is 5.75 Å². The molecule has 7 heteroatoms. The highest BCUT2D eigenvalue weighted by atomic mass is 35.5. The number of ether oxygens (including phenoxy) is 2. The van der Waals surface area contributed by atoms with E-state index in [1.54, 1.807) is 0 Å². The lowest BCUT2D eigenvalue weighted by atomic mass is 9.91. The Kier molecular flexibility index (Phi) is 4.27. The van der Waals surface area contributed by atoms with Crippen LogP contribution in [0.4, 0.5) is 0 Å². The minimum Gasteiger partial charge on any atom is -0.493 e. The summed E-state index contributed by atoms with van der Waals surface area (Å²) in [5, 5.41) is 3.64. The van der Waals surface area contributed by atoms with Gasteiger partial charge >= 0.3 is 5.97 Å². The van der Waals surface area contributed by atoms with Gasteiger partial charge in [0.05, 0.1) is 29.7 Å². The molecule has 2 atom stereocenters. The molecular weight excluding hydrogens is 293 g/mol. The molecule has 1 heterocycles. The van der Waals surface area contributed by atoms with Crippen LogP contribution in [0.3, 0.4) is 0 Å². The molecule has 2 unspecified atom stereocenters. The molecule has 0 spiro atoms. The fraction of sp³-hybridized carbons (Fsp3) is 0.417. The number of halogens is 2. The molecule has 102 valence electrons. The molecule has 19 heavy (non-hydrogen) atoms. The number of hydrogen-bond donors (Lipinski definition) is 0. The van der Waals surface area contributed by atoms with Crippen molar-refractivity contribution < 1.29 is 14.3 Å². The average molecular weight is 304 g/mol. The van der Waals surface area contributed by atoms with Gasteiger partial charge in [-0.05, 0) is 12.5 Å². The van der Waals surface area contributed by atoms with E-state index in [-0.39, 0.29) is 11.6 Å². The first-order valence-corrected chi connectivity index (χ1v) is 6.36. The van der Waals surface area contributed by atoms with Crippen LogP contribution in [0.1, 0.15) is 18.0 Å². The van der Waals surface area contributed by atoms with Gasteiger partial charge in [0.2, 0.25) is 0 Å². The highest BCUT2D eigenvalue weighted by molar-refractivity contribution is 6.42. The number of fused-ring (bicyclic) bond motifs is 1. The van der Waals surface area contributed by atoms with Gasteiger partial charge < -0.3 is 9.47 Å². The van der Waals surface area contributed by atoms with Crippen molar-refractivity contribution in [1.82, 2.24) is 0 Å². The van der Waals surface area contributed by atoms with E-state index in [0.717, 1.165) is 0 Å². The monoisotopic (exact) mass is 303 g/mol. The van der Waals surface area contributed by atoms with Crippen molar-refractivity contribution in [2.24, 2.45) is 11.1 Å². The Morgan fingerprint density at radius 3 is 2.74 bits per heavy atom. The second-order valence-electron chi connectivity index (χ2n) is 4.12. The summed E-state index contributed by atoms with van der Waals surface area (Å²) in [5.41, 5.74) is 0.456. The lowest BCUT2D eigenvalue weighted by Gasteiger charge is -2.17. The van der Waals surface area contributed by atoms with Crippen LogP contribution in [-0.2, 0) is 9.53 Å². The van der Waals surface area contributed by atoms with Crippen molar-refractivity contribution in [2.45, 2.75) is 12.5 Å². The van der Waals surface area contributed by atoms with Crippen LogP contribution in [-0.4, -0.2) is 19.7 Å². The fourth-order valence-electron chi connectivity index (χ4n) is 2.10. The Morgan fingerprint density at radius 1 is 1.42 bits per heavy atom. The average Bonchev–Trinajstić information content (AvgIpc) is 2.57. The molecule has 0 N–H and O–H groups in total. The van der Waals surface area contributed by atoms with Gasteiger partial charge in [0.25, 0.3) is 0 Å². The third-order valence-corrected chi connectivity index (χ3v) is 3.78. The Balaban J connectivity index is 2.50. The minimum absolute atomic E-state index is 0.275. The van der Waals surface area contributed by atoms with E-state index in [1.165, 1.54) is 19.2 Å². The standard InChI is InChI=1S/C12H11Cl2NO4/c1-18-12(16)6-2-3-19-10-5-9(14)8(13)4-7(10)11(6)15-17/h4-6,11H,2-3H2,1H3. The number of nitroso groups, excluding NO2 is 1. The maximum absolute atomic E-state index is 11.7. The summed E-state index contributed by atoms with van der Waals surface area (Å²) in [7, 11) is 1.27. The van der Waals surface area contributed by atoms with Crippen LogP contribution >= 0.6 is 23.2 Å². The zero-order chi connectivity index (χ0) is 14.0. The van der Waals surface area contributed by atoms with Gasteiger partial charge in [-0.3, -0.25) is 4.79 Å². The highest BCUT2D eigenvalue weighted by Crippen LogP contribution is 2.41. The third-order valence-electron chi connectivity index (χ3n) is 3.06. The molecule has 0 amide bonds. The normalized spacial score (nSPS) is 21.8. The molecule has 1 aromatic carbocycles. The van der Waals surface area contributed by atoms with E-state index in [0.29, 0.717) is 22.8 Å². The topological polar surface area (TPSA) is 65.0 Å². The lowest BCUT2D eigenvalue weighted by molar-refractivity contribution is -0.146. The summed E-state index contributed by atoms with van der Waals surface area (Å²) in [6, 6.07) is 2.14. The molecule has 0 radical (unpaired) electrons. The summed E-state index contributed by atoms with van der Waals surface area (Å²) in [6.07, 6.45) is 0.340. The van der Waals surface area contributed by atoms with Crippen LogP contribution in [0, 0.1) is 10.8 Å². The number of rotatable bonds is 2. The van der Waals surface area contributed by atoms with Crippen LogP contribution in [0.2, 0.25) is 10.0 Å². The maximum atomic E-state index is 11.7. The van der Waals surface area contributed by atoms with Crippen LogP contribution < -0.4 is 4.74 Å². The lowest BCUT2D eigenvalue weighted by Crippen LogP contribution is -2.22. The molecule has 5 nitrogen and oxygen atoms in total. The van der Waals surface area contributed by atoms with Gasteiger partial charge in [-0.25, -0.2) is 0 Å². The Hall–Kier alpha value is -1.33.